The molecule has 82 valence electrons. The van der Waals surface area contributed by atoms with Gasteiger partial charge in [0.1, 0.15) is 0 Å². The predicted molar refractivity (Wildman–Crippen MR) is 52.1 cm³/mol. The van der Waals surface area contributed by atoms with Crippen LogP contribution in [0.15, 0.2) is 24.4 Å². The second kappa shape index (κ2) is 4.37. The molecule has 15 heavy (non-hydrogen) atoms. The first-order chi connectivity index (χ1) is 6.90. The fourth-order valence-corrected chi connectivity index (χ4v) is 1.49. The summed E-state index contributed by atoms with van der Waals surface area (Å²) >= 11 is 0. The van der Waals surface area contributed by atoms with Crippen molar-refractivity contribution in [1.82, 2.24) is 4.98 Å². The molecule has 0 radical (unpaired) electrons. The fraction of sp³-hybridized carbons (Fsp3) is 0.250. The Morgan fingerprint density at radius 2 is 2.20 bits per heavy atom. The second-order valence-electron chi connectivity index (χ2n) is 2.84. The van der Waals surface area contributed by atoms with E-state index in [0.29, 0.717) is 0 Å². The molecule has 0 saturated carbocycles. The minimum absolute atomic E-state index is 0.162. The van der Waals surface area contributed by atoms with Crippen molar-refractivity contribution in [2.75, 3.05) is 6.26 Å². The van der Waals surface area contributed by atoms with Gasteiger partial charge < -0.3 is 5.73 Å². The summed E-state index contributed by atoms with van der Waals surface area (Å²) in [5.74, 6) is -0.904. The molecule has 2 N–H and O–H groups in total. The highest BCUT2D eigenvalue weighted by Crippen LogP contribution is 2.16. The van der Waals surface area contributed by atoms with Gasteiger partial charge in [-0.25, -0.2) is 0 Å². The van der Waals surface area contributed by atoms with Gasteiger partial charge in [0.2, 0.25) is 0 Å². The lowest BCUT2D eigenvalue weighted by molar-refractivity contribution is -0.124. The Balaban J connectivity index is 3.00. The summed E-state index contributed by atoms with van der Waals surface area (Å²) in [6, 6.07) is 4.69. The first kappa shape index (κ1) is 11.6. The van der Waals surface area contributed by atoms with Crippen LogP contribution in [0.2, 0.25) is 0 Å². The van der Waals surface area contributed by atoms with Gasteiger partial charge in [-0.15, -0.1) is 0 Å². The molecule has 1 aromatic heterocycles. The number of amides is 1. The van der Waals surface area contributed by atoms with E-state index in [1.807, 2.05) is 0 Å². The van der Waals surface area contributed by atoms with Crippen LogP contribution in [0.4, 0.5) is 0 Å². The average Bonchev–Trinajstić information content (AvgIpc) is 2.14. The highest BCUT2D eigenvalue weighted by Gasteiger charge is 2.24. The summed E-state index contributed by atoms with van der Waals surface area (Å²) in [7, 11) is -3.76. The molecule has 6 nitrogen and oxygen atoms in total. The minimum atomic E-state index is -3.76. The van der Waals surface area contributed by atoms with E-state index in [2.05, 4.69) is 9.17 Å². The van der Waals surface area contributed by atoms with Crippen LogP contribution >= 0.6 is 0 Å². The van der Waals surface area contributed by atoms with E-state index >= 15 is 0 Å². The summed E-state index contributed by atoms with van der Waals surface area (Å²) in [4.78, 5) is 14.8. The molecule has 1 unspecified atom stereocenters. The lowest BCUT2D eigenvalue weighted by atomic mass is 10.2. The molecule has 0 bridgehead atoms. The molecule has 1 amide bonds. The van der Waals surface area contributed by atoms with Gasteiger partial charge in [-0.2, -0.15) is 8.42 Å². The molecule has 1 heterocycles. The van der Waals surface area contributed by atoms with E-state index in [9.17, 15) is 13.2 Å². The molecule has 7 heteroatoms. The highest BCUT2D eigenvalue weighted by molar-refractivity contribution is 7.86. The molecule has 0 aliphatic rings. The summed E-state index contributed by atoms with van der Waals surface area (Å²) < 4.78 is 26.2. The van der Waals surface area contributed by atoms with Crippen molar-refractivity contribution in [3.05, 3.63) is 30.1 Å². The van der Waals surface area contributed by atoms with Gasteiger partial charge >= 0.3 is 0 Å². The molecular formula is C8H10N2O4S. The quantitative estimate of drug-likeness (QED) is 0.708. The third-order valence-electron chi connectivity index (χ3n) is 1.49. The van der Waals surface area contributed by atoms with Crippen LogP contribution in [0.1, 0.15) is 11.8 Å². The third kappa shape index (κ3) is 3.64. The SMILES string of the molecule is CS(=O)(=O)OC(C(N)=O)c1ccccn1. The number of aromatic nitrogens is 1. The van der Waals surface area contributed by atoms with Crippen LogP contribution in [-0.4, -0.2) is 25.6 Å². The molecule has 1 aromatic rings. The van der Waals surface area contributed by atoms with Crippen molar-refractivity contribution < 1.29 is 17.4 Å². The van der Waals surface area contributed by atoms with Crippen LogP contribution in [0.25, 0.3) is 0 Å². The Bertz CT molecular complexity index is 443. The zero-order chi connectivity index (χ0) is 11.5. The maximum Gasteiger partial charge on any atom is 0.265 e. The van der Waals surface area contributed by atoms with Gasteiger partial charge in [-0.1, -0.05) is 6.07 Å². The number of nitrogens with two attached hydrogens (primary N) is 1. The number of pyridine rings is 1. The van der Waals surface area contributed by atoms with E-state index in [4.69, 9.17) is 5.73 Å². The highest BCUT2D eigenvalue weighted by atomic mass is 32.2. The van der Waals surface area contributed by atoms with E-state index in [-0.39, 0.29) is 5.69 Å². The van der Waals surface area contributed by atoms with E-state index in [0.717, 1.165) is 6.26 Å². The second-order valence-corrected chi connectivity index (χ2v) is 4.44. The molecule has 0 saturated heterocycles. The van der Waals surface area contributed by atoms with Gasteiger partial charge in [0.25, 0.3) is 16.0 Å². The first-order valence-electron chi connectivity index (χ1n) is 3.98. The summed E-state index contributed by atoms with van der Waals surface area (Å²) in [6.07, 6.45) is 0.879. The molecule has 1 rings (SSSR count). The number of hydrogen-bond acceptors (Lipinski definition) is 5. The van der Waals surface area contributed by atoms with Crippen molar-refractivity contribution in [2.24, 2.45) is 5.73 Å². The standard InChI is InChI=1S/C8H10N2O4S/c1-15(12,13)14-7(8(9)11)6-4-2-3-5-10-6/h2-5,7H,1H3,(H2,9,11). The van der Waals surface area contributed by atoms with Gasteiger partial charge in [0.05, 0.1) is 11.9 Å². The molecule has 0 aliphatic carbocycles. The molecule has 0 fully saturated rings. The maximum atomic E-state index is 11.0. The van der Waals surface area contributed by atoms with Crippen molar-refractivity contribution in [3.63, 3.8) is 0 Å². The van der Waals surface area contributed by atoms with E-state index in [1.54, 1.807) is 12.1 Å². The number of carbonyl (C=O) groups is 1. The van der Waals surface area contributed by atoms with E-state index in [1.165, 1.54) is 12.3 Å². The Morgan fingerprint density at radius 3 is 2.60 bits per heavy atom. The third-order valence-corrected chi connectivity index (χ3v) is 2.03. The van der Waals surface area contributed by atoms with Gasteiger partial charge in [0, 0.05) is 6.20 Å². The number of carbonyl (C=O) groups excluding carboxylic acids is 1. The molecule has 0 aromatic carbocycles. The van der Waals surface area contributed by atoms with Gasteiger partial charge in [0.15, 0.2) is 6.10 Å². The van der Waals surface area contributed by atoms with Crippen molar-refractivity contribution >= 4 is 16.0 Å². The van der Waals surface area contributed by atoms with Crippen molar-refractivity contribution in [1.29, 1.82) is 0 Å². The Hall–Kier alpha value is -1.47. The van der Waals surface area contributed by atoms with Gasteiger partial charge in [-0.3, -0.25) is 14.0 Å². The number of nitrogens with zero attached hydrogens (tertiary/aromatic N) is 1. The van der Waals surface area contributed by atoms with Crippen molar-refractivity contribution in [2.45, 2.75) is 6.10 Å². The fourth-order valence-electron chi connectivity index (χ4n) is 0.948. The Morgan fingerprint density at radius 1 is 1.53 bits per heavy atom. The van der Waals surface area contributed by atoms with Crippen LogP contribution in [-0.2, 0) is 19.1 Å². The molecule has 0 spiro atoms. The van der Waals surface area contributed by atoms with Crippen LogP contribution in [0, 0.1) is 0 Å². The Kier molecular flexibility index (Phi) is 3.38. The predicted octanol–water partition coefficient (Wildman–Crippen LogP) is -0.416. The monoisotopic (exact) mass is 230 g/mol. The van der Waals surface area contributed by atoms with Crippen LogP contribution < -0.4 is 5.73 Å². The summed E-state index contributed by atoms with van der Waals surface area (Å²) in [6.45, 7) is 0. The van der Waals surface area contributed by atoms with E-state index < -0.39 is 22.1 Å². The minimum Gasteiger partial charge on any atom is -0.367 e. The van der Waals surface area contributed by atoms with Crippen molar-refractivity contribution in [3.8, 4) is 0 Å². The molecular weight excluding hydrogens is 220 g/mol. The maximum absolute atomic E-state index is 11.0. The Labute approximate surface area is 87.2 Å². The largest absolute Gasteiger partial charge is 0.367 e. The summed E-state index contributed by atoms with van der Waals surface area (Å²) in [5.41, 5.74) is 5.17. The van der Waals surface area contributed by atoms with Crippen LogP contribution in [0.5, 0.6) is 0 Å². The first-order valence-corrected chi connectivity index (χ1v) is 5.80. The molecule has 1 atom stereocenters. The lowest BCUT2D eigenvalue weighted by Gasteiger charge is -2.11. The number of hydrogen-bond donors (Lipinski definition) is 1. The summed E-state index contributed by atoms with van der Waals surface area (Å²) in [5, 5.41) is 0. The molecule has 0 aliphatic heterocycles. The smallest absolute Gasteiger partial charge is 0.265 e. The number of primary amides is 1. The lowest BCUT2D eigenvalue weighted by Crippen LogP contribution is -2.26. The zero-order valence-electron chi connectivity index (χ0n) is 7.95. The van der Waals surface area contributed by atoms with Crippen LogP contribution in [0.3, 0.4) is 0 Å². The van der Waals surface area contributed by atoms with Gasteiger partial charge in [-0.05, 0) is 12.1 Å². The zero-order valence-corrected chi connectivity index (χ0v) is 8.77. The normalized spacial score (nSPS) is 13.4. The average molecular weight is 230 g/mol. The number of rotatable bonds is 4. The topological polar surface area (TPSA) is 99.4 Å².